The van der Waals surface area contributed by atoms with E-state index in [0.29, 0.717) is 22.3 Å². The van der Waals surface area contributed by atoms with E-state index in [0.717, 1.165) is 17.0 Å². The highest BCUT2D eigenvalue weighted by Crippen LogP contribution is 2.29. The minimum absolute atomic E-state index is 0.227. The molecule has 0 aliphatic rings. The summed E-state index contributed by atoms with van der Waals surface area (Å²) in [5.74, 6) is 1.66. The molecule has 0 fully saturated rings. The molecule has 0 radical (unpaired) electrons. The zero-order valence-corrected chi connectivity index (χ0v) is 19.3. The number of amides is 1. The summed E-state index contributed by atoms with van der Waals surface area (Å²) in [6, 6.07) is 21.5. The number of aliphatic imine (C=N–C) groups is 1. The summed E-state index contributed by atoms with van der Waals surface area (Å²) in [6.07, 6.45) is 1.62. The predicted molar refractivity (Wildman–Crippen MR) is 135 cm³/mol. The predicted octanol–water partition coefficient (Wildman–Crippen LogP) is 5.83. The second-order valence-electron chi connectivity index (χ2n) is 7.15. The monoisotopic (exact) mass is 475 g/mol. The van der Waals surface area contributed by atoms with E-state index in [2.05, 4.69) is 25.8 Å². The topological polar surface area (TPSA) is 101 Å². The standard InChI is InChI=1S/C25H22ClN5O3/c1-33-20-12-10-18(11-13-20)28-24-22(25(32)29-19-8-6-17(26)7-9-19)23(30-31-24)27-15-16-4-3-5-21(14-16)34-2/h3-15H,1-2H3,(H,29,32)(H2,28,30,31). The lowest BCUT2D eigenvalue weighted by atomic mass is 10.2. The van der Waals surface area contributed by atoms with Crippen LogP contribution in [-0.2, 0) is 0 Å². The maximum atomic E-state index is 13.2. The largest absolute Gasteiger partial charge is 0.497 e. The fourth-order valence-corrected chi connectivity index (χ4v) is 3.26. The van der Waals surface area contributed by atoms with Gasteiger partial charge in [0, 0.05) is 22.6 Å². The number of nitrogens with zero attached hydrogens (tertiary/aromatic N) is 2. The van der Waals surface area contributed by atoms with E-state index in [-0.39, 0.29) is 17.3 Å². The number of ether oxygens (including phenoxy) is 2. The van der Waals surface area contributed by atoms with Crippen molar-refractivity contribution in [2.24, 2.45) is 4.99 Å². The number of anilines is 3. The van der Waals surface area contributed by atoms with Crippen LogP contribution in [0.5, 0.6) is 11.5 Å². The van der Waals surface area contributed by atoms with E-state index in [9.17, 15) is 4.79 Å². The van der Waals surface area contributed by atoms with Crippen molar-refractivity contribution in [3.8, 4) is 11.5 Å². The van der Waals surface area contributed by atoms with Gasteiger partial charge in [0.05, 0.1) is 14.2 Å². The van der Waals surface area contributed by atoms with Crippen LogP contribution in [0.1, 0.15) is 15.9 Å². The Morgan fingerprint density at radius 1 is 0.971 bits per heavy atom. The van der Waals surface area contributed by atoms with Gasteiger partial charge in [0.2, 0.25) is 0 Å². The summed E-state index contributed by atoms with van der Waals surface area (Å²) in [7, 11) is 3.20. The zero-order valence-electron chi connectivity index (χ0n) is 18.5. The van der Waals surface area contributed by atoms with Crippen LogP contribution in [0.3, 0.4) is 0 Å². The van der Waals surface area contributed by atoms with E-state index in [1.807, 2.05) is 48.5 Å². The first-order chi connectivity index (χ1) is 16.6. The van der Waals surface area contributed by atoms with Gasteiger partial charge in [-0.05, 0) is 66.2 Å². The van der Waals surface area contributed by atoms with Crippen molar-refractivity contribution in [3.05, 3.63) is 88.9 Å². The highest BCUT2D eigenvalue weighted by atomic mass is 35.5. The van der Waals surface area contributed by atoms with Crippen LogP contribution in [0.15, 0.2) is 77.8 Å². The average Bonchev–Trinajstić information content (AvgIpc) is 3.27. The number of methoxy groups -OCH3 is 2. The number of benzene rings is 3. The number of aromatic nitrogens is 2. The van der Waals surface area contributed by atoms with Crippen LogP contribution >= 0.6 is 11.6 Å². The van der Waals surface area contributed by atoms with Crippen molar-refractivity contribution in [1.29, 1.82) is 0 Å². The molecule has 34 heavy (non-hydrogen) atoms. The molecular formula is C25H22ClN5O3. The lowest BCUT2D eigenvalue weighted by molar-refractivity contribution is 0.102. The number of carbonyl (C=O) groups is 1. The van der Waals surface area contributed by atoms with E-state index < -0.39 is 0 Å². The smallest absolute Gasteiger partial charge is 0.263 e. The molecule has 1 heterocycles. The summed E-state index contributed by atoms with van der Waals surface area (Å²) in [5, 5.41) is 13.8. The molecule has 1 amide bonds. The number of rotatable bonds is 8. The number of hydrogen-bond acceptors (Lipinski definition) is 6. The van der Waals surface area contributed by atoms with Gasteiger partial charge in [-0.3, -0.25) is 9.89 Å². The second-order valence-corrected chi connectivity index (χ2v) is 7.58. The Morgan fingerprint density at radius 2 is 1.68 bits per heavy atom. The number of carbonyl (C=O) groups excluding carboxylic acids is 1. The molecule has 0 bridgehead atoms. The molecule has 0 unspecified atom stereocenters. The highest BCUT2D eigenvalue weighted by Gasteiger charge is 2.21. The van der Waals surface area contributed by atoms with Gasteiger partial charge < -0.3 is 20.1 Å². The lowest BCUT2D eigenvalue weighted by Crippen LogP contribution is -2.13. The summed E-state index contributed by atoms with van der Waals surface area (Å²) in [5.41, 5.74) is 2.39. The van der Waals surface area contributed by atoms with Crippen molar-refractivity contribution in [2.45, 2.75) is 0 Å². The van der Waals surface area contributed by atoms with Gasteiger partial charge in [0.25, 0.3) is 5.91 Å². The van der Waals surface area contributed by atoms with Crippen molar-refractivity contribution in [2.75, 3.05) is 24.9 Å². The molecule has 4 aromatic rings. The van der Waals surface area contributed by atoms with Crippen molar-refractivity contribution < 1.29 is 14.3 Å². The molecule has 0 atom stereocenters. The number of nitrogens with one attached hydrogen (secondary N) is 3. The quantitative estimate of drug-likeness (QED) is 0.278. The van der Waals surface area contributed by atoms with Crippen LogP contribution in [0, 0.1) is 0 Å². The van der Waals surface area contributed by atoms with Gasteiger partial charge in [-0.25, -0.2) is 4.99 Å². The molecule has 3 N–H and O–H groups in total. The number of aromatic amines is 1. The van der Waals surface area contributed by atoms with Crippen molar-refractivity contribution >= 4 is 46.7 Å². The Hall–Kier alpha value is -4.30. The maximum Gasteiger partial charge on any atom is 0.263 e. The SMILES string of the molecule is COc1ccc(Nc2[nH]nc(N=Cc3cccc(OC)c3)c2C(=O)Nc2ccc(Cl)cc2)cc1. The van der Waals surface area contributed by atoms with Crippen LogP contribution in [-0.4, -0.2) is 36.5 Å². The Balaban J connectivity index is 1.66. The number of hydrogen-bond donors (Lipinski definition) is 3. The van der Waals surface area contributed by atoms with E-state index in [1.54, 1.807) is 44.7 Å². The van der Waals surface area contributed by atoms with Gasteiger partial charge in [-0.1, -0.05) is 23.7 Å². The third-order valence-electron chi connectivity index (χ3n) is 4.87. The molecule has 0 saturated heterocycles. The van der Waals surface area contributed by atoms with Crippen LogP contribution < -0.4 is 20.1 Å². The summed E-state index contributed by atoms with van der Waals surface area (Å²) >= 11 is 5.96. The van der Waals surface area contributed by atoms with Crippen LogP contribution in [0.25, 0.3) is 0 Å². The van der Waals surface area contributed by atoms with E-state index >= 15 is 0 Å². The van der Waals surface area contributed by atoms with Gasteiger partial charge in [-0.2, -0.15) is 5.10 Å². The highest BCUT2D eigenvalue weighted by molar-refractivity contribution is 6.30. The Kier molecular flexibility index (Phi) is 7.10. The summed E-state index contributed by atoms with van der Waals surface area (Å²) in [6.45, 7) is 0. The van der Waals surface area contributed by atoms with Gasteiger partial charge >= 0.3 is 0 Å². The number of halogens is 1. The first-order valence-corrected chi connectivity index (χ1v) is 10.7. The summed E-state index contributed by atoms with van der Waals surface area (Å²) < 4.78 is 10.5. The molecule has 1 aromatic heterocycles. The molecule has 0 spiro atoms. The van der Waals surface area contributed by atoms with Gasteiger partial charge in [-0.15, -0.1) is 0 Å². The molecule has 9 heteroatoms. The molecule has 0 saturated carbocycles. The molecule has 0 aliphatic heterocycles. The van der Waals surface area contributed by atoms with E-state index in [1.165, 1.54) is 0 Å². The number of H-pyrrole nitrogens is 1. The Bertz CT molecular complexity index is 1300. The van der Waals surface area contributed by atoms with Crippen molar-refractivity contribution in [3.63, 3.8) is 0 Å². The van der Waals surface area contributed by atoms with Crippen LogP contribution in [0.2, 0.25) is 5.02 Å². The minimum Gasteiger partial charge on any atom is -0.497 e. The molecule has 172 valence electrons. The zero-order chi connectivity index (χ0) is 23.9. The van der Waals surface area contributed by atoms with Gasteiger partial charge in [0.15, 0.2) is 5.82 Å². The minimum atomic E-state index is -0.384. The average molecular weight is 476 g/mol. The molecular weight excluding hydrogens is 454 g/mol. The first-order valence-electron chi connectivity index (χ1n) is 10.3. The third-order valence-corrected chi connectivity index (χ3v) is 5.12. The molecule has 8 nitrogen and oxygen atoms in total. The molecule has 3 aromatic carbocycles. The summed E-state index contributed by atoms with van der Waals surface area (Å²) in [4.78, 5) is 17.7. The lowest BCUT2D eigenvalue weighted by Gasteiger charge is -2.09. The van der Waals surface area contributed by atoms with Crippen LogP contribution in [0.4, 0.5) is 23.0 Å². The first kappa shape index (κ1) is 22.9. The second kappa shape index (κ2) is 10.5. The maximum absolute atomic E-state index is 13.2. The Labute approximate surface area is 201 Å². The normalized spacial score (nSPS) is 10.8. The van der Waals surface area contributed by atoms with Crippen molar-refractivity contribution in [1.82, 2.24) is 10.2 Å². The van der Waals surface area contributed by atoms with E-state index in [4.69, 9.17) is 21.1 Å². The fraction of sp³-hybridized carbons (Fsp3) is 0.0800. The van der Waals surface area contributed by atoms with Gasteiger partial charge in [0.1, 0.15) is 22.9 Å². The Morgan fingerprint density at radius 3 is 2.38 bits per heavy atom. The molecule has 4 rings (SSSR count). The molecule has 0 aliphatic carbocycles. The fourth-order valence-electron chi connectivity index (χ4n) is 3.13. The third kappa shape index (κ3) is 5.54.